The van der Waals surface area contributed by atoms with Crippen molar-refractivity contribution < 1.29 is 9.59 Å². The molecule has 38 heavy (non-hydrogen) atoms. The van der Waals surface area contributed by atoms with Crippen LogP contribution in [0.3, 0.4) is 0 Å². The number of fused-ring (bicyclic) bond motifs is 7. The second-order valence-corrected chi connectivity index (χ2v) is 16.2. The molecule has 4 nitrogen and oxygen atoms in total. The summed E-state index contributed by atoms with van der Waals surface area (Å²) in [5.74, 6) is 0.890. The van der Waals surface area contributed by atoms with E-state index in [4.69, 9.17) is 0 Å². The minimum Gasteiger partial charge on any atom is -0.303 e. The number of Topliss-reactive ketones (excluding diaryl/α,β-unsaturated/α-hetero) is 1. The molecule has 4 heteroatoms. The summed E-state index contributed by atoms with van der Waals surface area (Å²) in [4.78, 5) is 30.5. The Morgan fingerprint density at radius 1 is 0.974 bits per heavy atom. The van der Waals surface area contributed by atoms with E-state index in [0.717, 1.165) is 25.7 Å². The van der Waals surface area contributed by atoms with Crippen molar-refractivity contribution >= 4 is 11.6 Å². The number of likely N-dealkylation sites (tertiary alicyclic amines) is 1. The van der Waals surface area contributed by atoms with Gasteiger partial charge in [-0.2, -0.15) is 5.26 Å². The van der Waals surface area contributed by atoms with E-state index in [2.05, 4.69) is 51.7 Å². The normalized spacial score (nSPS) is 47.3. The summed E-state index contributed by atoms with van der Waals surface area (Å²) in [6, 6.07) is 2.23. The molecule has 0 N–H and O–H groups in total. The molecular weight excluding hydrogens is 468 g/mol. The van der Waals surface area contributed by atoms with Crippen molar-refractivity contribution in [1.29, 1.82) is 5.26 Å². The molecule has 0 spiro atoms. The number of carbonyl (C=O) groups is 2. The maximum Gasteiger partial charge on any atom is 0.178 e. The smallest absolute Gasteiger partial charge is 0.178 e. The SMILES string of the molecule is CC1(C)CC[C@]2(CN3CCC3)CC[C@]3(C)[C@H](C(=O)C=C4[C@@]5(C)C=C(C#N)C(=O)C(C)(C)[C@@H]5CC[C@]43C)[C@@H]2C1. The second kappa shape index (κ2) is 7.93. The van der Waals surface area contributed by atoms with Gasteiger partial charge in [0.1, 0.15) is 6.07 Å². The first-order valence-corrected chi connectivity index (χ1v) is 15.3. The van der Waals surface area contributed by atoms with Crippen LogP contribution in [0, 0.1) is 61.6 Å². The van der Waals surface area contributed by atoms with Gasteiger partial charge >= 0.3 is 0 Å². The van der Waals surface area contributed by atoms with Gasteiger partial charge in [-0.3, -0.25) is 9.59 Å². The third kappa shape index (κ3) is 3.24. The average molecular weight is 517 g/mol. The molecule has 1 saturated heterocycles. The predicted octanol–water partition coefficient (Wildman–Crippen LogP) is 6.91. The van der Waals surface area contributed by atoms with E-state index < -0.39 is 10.8 Å². The van der Waals surface area contributed by atoms with Gasteiger partial charge in [0.2, 0.25) is 0 Å². The fourth-order valence-corrected chi connectivity index (χ4v) is 11.0. The summed E-state index contributed by atoms with van der Waals surface area (Å²) in [6.45, 7) is 19.6. The van der Waals surface area contributed by atoms with Crippen molar-refractivity contribution in [1.82, 2.24) is 4.90 Å². The summed E-state index contributed by atoms with van der Waals surface area (Å²) in [5, 5.41) is 9.92. The molecule has 1 heterocycles. The van der Waals surface area contributed by atoms with Crippen LogP contribution in [-0.4, -0.2) is 36.1 Å². The third-order valence-corrected chi connectivity index (χ3v) is 13.5. The van der Waals surface area contributed by atoms with Gasteiger partial charge in [-0.15, -0.1) is 0 Å². The molecule has 0 radical (unpaired) electrons. The van der Waals surface area contributed by atoms with Crippen LogP contribution in [0.2, 0.25) is 0 Å². The van der Waals surface area contributed by atoms with E-state index >= 15 is 0 Å². The minimum atomic E-state index is -0.607. The summed E-state index contributed by atoms with van der Waals surface area (Å²) >= 11 is 0. The van der Waals surface area contributed by atoms with Gasteiger partial charge in [-0.25, -0.2) is 0 Å². The van der Waals surface area contributed by atoms with E-state index in [0.29, 0.717) is 11.7 Å². The Balaban J connectivity index is 1.49. The molecule has 206 valence electrons. The summed E-state index contributed by atoms with van der Waals surface area (Å²) < 4.78 is 0. The molecule has 5 aliphatic carbocycles. The topological polar surface area (TPSA) is 61.2 Å². The van der Waals surface area contributed by atoms with Gasteiger partial charge in [-0.05, 0) is 104 Å². The second-order valence-electron chi connectivity index (χ2n) is 16.2. The molecule has 0 amide bonds. The average Bonchev–Trinajstić information content (AvgIpc) is 2.81. The maximum absolute atomic E-state index is 14.6. The Labute approximate surface area is 230 Å². The molecule has 7 atom stereocenters. The molecule has 6 rings (SSSR count). The number of ketones is 2. The van der Waals surface area contributed by atoms with Crippen LogP contribution in [-0.2, 0) is 9.59 Å². The number of hydrogen-bond acceptors (Lipinski definition) is 4. The van der Waals surface area contributed by atoms with Crippen LogP contribution < -0.4 is 0 Å². The van der Waals surface area contributed by atoms with Gasteiger partial charge in [-0.1, -0.05) is 60.1 Å². The Bertz CT molecular complexity index is 1200. The van der Waals surface area contributed by atoms with Crippen LogP contribution in [0.15, 0.2) is 23.3 Å². The number of hydrogen-bond donors (Lipinski definition) is 0. The van der Waals surface area contributed by atoms with E-state index in [1.165, 1.54) is 50.9 Å². The molecule has 1 aliphatic heterocycles. The quantitative estimate of drug-likeness (QED) is 0.400. The largest absolute Gasteiger partial charge is 0.303 e. The Morgan fingerprint density at radius 3 is 2.29 bits per heavy atom. The van der Waals surface area contributed by atoms with E-state index in [1.54, 1.807) is 0 Å². The highest BCUT2D eigenvalue weighted by atomic mass is 16.1. The first-order valence-electron chi connectivity index (χ1n) is 15.3. The van der Waals surface area contributed by atoms with Crippen LogP contribution in [0.1, 0.15) is 99.8 Å². The predicted molar refractivity (Wildman–Crippen MR) is 150 cm³/mol. The van der Waals surface area contributed by atoms with Crippen molar-refractivity contribution in [3.05, 3.63) is 23.3 Å². The molecule has 0 aromatic rings. The number of nitriles is 1. The van der Waals surface area contributed by atoms with Crippen molar-refractivity contribution in [2.24, 2.45) is 50.2 Å². The summed E-state index contributed by atoms with van der Waals surface area (Å²) in [7, 11) is 0. The van der Waals surface area contributed by atoms with E-state index in [9.17, 15) is 14.9 Å². The standard InChI is InChI=1S/C34H48N2O2/c1-29(2)11-13-34(21-36-15-8-16-36)14-12-33(7)27(23(34)19-29)24(37)17-26-31(5)18-22(20-35)28(38)30(3,4)25(31)9-10-32(26,33)6/h17-18,23,25,27H,8-16,19,21H2,1-7H3/t23-,25-,27-,31-,32+,33+,34+/m0/s1. The number of carbonyl (C=O) groups excluding carboxylic acids is 2. The number of nitrogens with zero attached hydrogens (tertiary/aromatic N) is 2. The summed E-state index contributed by atoms with van der Waals surface area (Å²) in [6.07, 6.45) is 13.3. The van der Waals surface area contributed by atoms with Gasteiger partial charge in [0.15, 0.2) is 11.6 Å². The lowest BCUT2D eigenvalue weighted by Crippen LogP contribution is -2.66. The van der Waals surface area contributed by atoms with Gasteiger partial charge in [0, 0.05) is 23.3 Å². The number of allylic oxidation sites excluding steroid dienone is 4. The molecule has 3 saturated carbocycles. The highest BCUT2D eigenvalue weighted by molar-refractivity contribution is 6.04. The van der Waals surface area contributed by atoms with Crippen molar-refractivity contribution in [2.75, 3.05) is 19.6 Å². The Morgan fingerprint density at radius 2 is 1.66 bits per heavy atom. The monoisotopic (exact) mass is 516 g/mol. The first kappa shape index (κ1) is 26.5. The first-order chi connectivity index (χ1) is 17.6. The van der Waals surface area contributed by atoms with Crippen LogP contribution >= 0.6 is 0 Å². The van der Waals surface area contributed by atoms with Crippen LogP contribution in [0.4, 0.5) is 0 Å². The summed E-state index contributed by atoms with van der Waals surface area (Å²) in [5.41, 5.74) is 0.745. The lowest BCUT2D eigenvalue weighted by Gasteiger charge is -2.69. The zero-order valence-electron chi connectivity index (χ0n) is 24.9. The molecule has 6 aliphatic rings. The fourth-order valence-electron chi connectivity index (χ4n) is 11.0. The van der Waals surface area contributed by atoms with Crippen molar-refractivity contribution in [2.45, 2.75) is 99.8 Å². The lowest BCUT2D eigenvalue weighted by molar-refractivity contribution is -0.176. The Kier molecular flexibility index (Phi) is 5.53. The van der Waals surface area contributed by atoms with Crippen molar-refractivity contribution in [3.8, 4) is 6.07 Å². The third-order valence-electron chi connectivity index (χ3n) is 13.5. The highest BCUT2D eigenvalue weighted by Gasteiger charge is 2.69. The zero-order chi connectivity index (χ0) is 27.5. The molecule has 0 aromatic heterocycles. The van der Waals surface area contributed by atoms with Crippen molar-refractivity contribution in [3.63, 3.8) is 0 Å². The maximum atomic E-state index is 14.6. The minimum absolute atomic E-state index is 0.0317. The molecule has 4 fully saturated rings. The van der Waals surface area contributed by atoms with Gasteiger partial charge < -0.3 is 4.90 Å². The fraction of sp³-hybridized carbons (Fsp3) is 0.794. The van der Waals surface area contributed by atoms with Gasteiger partial charge in [0.25, 0.3) is 0 Å². The van der Waals surface area contributed by atoms with Crippen LogP contribution in [0.5, 0.6) is 0 Å². The lowest BCUT2D eigenvalue weighted by atomic mass is 9.34. The number of rotatable bonds is 2. The molecule has 0 bridgehead atoms. The Hall–Kier alpha value is -1.73. The highest BCUT2D eigenvalue weighted by Crippen LogP contribution is 2.74. The molecular formula is C34H48N2O2. The molecule has 0 aromatic carbocycles. The zero-order valence-corrected chi connectivity index (χ0v) is 24.9. The van der Waals surface area contributed by atoms with E-state index in [-0.39, 0.29) is 44.9 Å². The van der Waals surface area contributed by atoms with Gasteiger partial charge in [0.05, 0.1) is 5.57 Å². The van der Waals surface area contributed by atoms with Crippen LogP contribution in [0.25, 0.3) is 0 Å². The van der Waals surface area contributed by atoms with E-state index in [1.807, 2.05) is 19.9 Å². The molecule has 0 unspecified atom stereocenters.